The molecular formula is C61H117NO3. The molecule has 0 aliphatic rings. The van der Waals surface area contributed by atoms with Crippen molar-refractivity contribution in [2.24, 2.45) is 0 Å². The molecule has 2 unspecified atom stereocenters. The quantitative estimate of drug-likeness (QED) is 0.0421. The SMILES string of the molecule is CCCCCCCCCCCC/C=C/CC/C=C/C(O)C(CO)NC(=O)CCCCCCCCCCCCCCCCCCC/C=C\CCCCCCCCCCCCCCCCCC. The standard InChI is InChI=1S/C61H117NO3/c1-3-5-7-9-11-13-15-17-19-21-22-23-24-25-26-27-28-29-30-31-32-33-34-35-36-37-38-39-40-41-43-45-47-49-51-53-55-57-61(65)62-59(58-63)60(64)56-54-52-50-48-46-44-42-20-18-16-14-12-10-8-6-4-2/h29-30,46,48,54,56,59-60,63-64H,3-28,31-45,47,49-53,55,57-58H2,1-2H3,(H,62,65)/b30-29-,48-46+,56-54+. The Hall–Kier alpha value is -1.39. The van der Waals surface area contributed by atoms with Gasteiger partial charge in [0.05, 0.1) is 18.8 Å². The molecule has 1 amide bonds. The molecule has 0 saturated carbocycles. The van der Waals surface area contributed by atoms with E-state index >= 15 is 0 Å². The van der Waals surface area contributed by atoms with Gasteiger partial charge in [-0.05, 0) is 57.8 Å². The predicted molar refractivity (Wildman–Crippen MR) is 290 cm³/mol. The zero-order chi connectivity index (χ0) is 47.0. The number of amides is 1. The number of aliphatic hydroxyl groups excluding tert-OH is 2. The van der Waals surface area contributed by atoms with Gasteiger partial charge in [-0.3, -0.25) is 4.79 Å². The van der Waals surface area contributed by atoms with E-state index in [0.29, 0.717) is 6.42 Å². The van der Waals surface area contributed by atoms with Gasteiger partial charge in [-0.1, -0.05) is 301 Å². The molecule has 384 valence electrons. The lowest BCUT2D eigenvalue weighted by Crippen LogP contribution is -2.45. The molecule has 4 nitrogen and oxygen atoms in total. The lowest BCUT2D eigenvalue weighted by molar-refractivity contribution is -0.123. The molecule has 0 radical (unpaired) electrons. The van der Waals surface area contributed by atoms with Crippen LogP contribution in [0.4, 0.5) is 0 Å². The van der Waals surface area contributed by atoms with E-state index in [4.69, 9.17) is 0 Å². The van der Waals surface area contributed by atoms with Gasteiger partial charge in [-0.2, -0.15) is 0 Å². The molecule has 0 aliphatic heterocycles. The number of rotatable bonds is 55. The summed E-state index contributed by atoms with van der Waals surface area (Å²) in [5.41, 5.74) is 0. The minimum absolute atomic E-state index is 0.0691. The molecule has 0 saturated heterocycles. The molecule has 0 aromatic carbocycles. The second kappa shape index (κ2) is 56.9. The van der Waals surface area contributed by atoms with Crippen molar-refractivity contribution < 1.29 is 15.0 Å². The van der Waals surface area contributed by atoms with Gasteiger partial charge in [0, 0.05) is 6.42 Å². The summed E-state index contributed by atoms with van der Waals surface area (Å²) in [5, 5.41) is 23.1. The van der Waals surface area contributed by atoms with E-state index in [9.17, 15) is 15.0 Å². The molecule has 65 heavy (non-hydrogen) atoms. The van der Waals surface area contributed by atoms with Gasteiger partial charge in [-0.25, -0.2) is 0 Å². The zero-order valence-electron chi connectivity index (χ0n) is 44.3. The Bertz CT molecular complexity index is 989. The van der Waals surface area contributed by atoms with Crippen molar-refractivity contribution in [3.63, 3.8) is 0 Å². The summed E-state index contributed by atoms with van der Waals surface area (Å²) in [7, 11) is 0. The fraction of sp³-hybridized carbons (Fsp3) is 0.885. The van der Waals surface area contributed by atoms with Crippen LogP contribution in [0.2, 0.25) is 0 Å². The summed E-state index contributed by atoms with van der Waals surface area (Å²) in [4.78, 5) is 12.5. The van der Waals surface area contributed by atoms with Crippen LogP contribution < -0.4 is 5.32 Å². The van der Waals surface area contributed by atoms with E-state index in [2.05, 4.69) is 43.5 Å². The Balaban J connectivity index is 3.42. The summed E-state index contributed by atoms with van der Waals surface area (Å²) < 4.78 is 0. The second-order valence-electron chi connectivity index (χ2n) is 20.4. The third-order valence-electron chi connectivity index (χ3n) is 13.8. The van der Waals surface area contributed by atoms with Crippen LogP contribution >= 0.6 is 0 Å². The highest BCUT2D eigenvalue weighted by Gasteiger charge is 2.18. The zero-order valence-corrected chi connectivity index (χ0v) is 44.3. The van der Waals surface area contributed by atoms with Crippen LogP contribution in [0.3, 0.4) is 0 Å². The van der Waals surface area contributed by atoms with Crippen LogP contribution in [0.15, 0.2) is 36.5 Å². The highest BCUT2D eigenvalue weighted by molar-refractivity contribution is 5.76. The first-order valence-electron chi connectivity index (χ1n) is 29.7. The molecule has 0 aromatic rings. The number of unbranched alkanes of at least 4 members (excludes halogenated alkanes) is 44. The number of carbonyl (C=O) groups is 1. The van der Waals surface area contributed by atoms with Gasteiger partial charge >= 0.3 is 0 Å². The number of hydrogen-bond acceptors (Lipinski definition) is 3. The first-order chi connectivity index (χ1) is 32.2. The lowest BCUT2D eigenvalue weighted by Gasteiger charge is -2.19. The molecular weight excluding hydrogens is 795 g/mol. The van der Waals surface area contributed by atoms with Crippen LogP contribution in [0.25, 0.3) is 0 Å². The van der Waals surface area contributed by atoms with Crippen LogP contribution in [-0.4, -0.2) is 34.9 Å². The highest BCUT2D eigenvalue weighted by atomic mass is 16.3. The number of allylic oxidation sites excluding steroid dienone is 5. The topological polar surface area (TPSA) is 69.6 Å². The Labute approximate surface area is 408 Å². The van der Waals surface area contributed by atoms with Crippen molar-refractivity contribution in [2.75, 3.05) is 6.61 Å². The van der Waals surface area contributed by atoms with Gasteiger partial charge < -0.3 is 15.5 Å². The van der Waals surface area contributed by atoms with Crippen molar-refractivity contribution >= 4 is 5.91 Å². The minimum atomic E-state index is -0.861. The fourth-order valence-corrected chi connectivity index (χ4v) is 9.31. The van der Waals surface area contributed by atoms with Crippen LogP contribution in [0, 0.1) is 0 Å². The second-order valence-corrected chi connectivity index (χ2v) is 20.4. The fourth-order valence-electron chi connectivity index (χ4n) is 9.31. The van der Waals surface area contributed by atoms with Gasteiger partial charge in [-0.15, -0.1) is 0 Å². The van der Waals surface area contributed by atoms with Crippen molar-refractivity contribution in [2.45, 2.75) is 341 Å². The Morgan fingerprint density at radius 1 is 0.354 bits per heavy atom. The van der Waals surface area contributed by atoms with E-state index in [1.807, 2.05) is 6.08 Å². The van der Waals surface area contributed by atoms with Crippen molar-refractivity contribution in [3.8, 4) is 0 Å². The molecule has 2 atom stereocenters. The average molecular weight is 913 g/mol. The number of carbonyl (C=O) groups excluding carboxylic acids is 1. The molecule has 4 heteroatoms. The molecule has 0 aromatic heterocycles. The predicted octanol–water partition coefficient (Wildman–Crippen LogP) is 19.6. The van der Waals surface area contributed by atoms with E-state index in [1.165, 1.54) is 276 Å². The number of nitrogens with one attached hydrogen (secondary N) is 1. The molecule has 0 aliphatic carbocycles. The van der Waals surface area contributed by atoms with Gasteiger partial charge in [0.1, 0.15) is 0 Å². The monoisotopic (exact) mass is 912 g/mol. The Morgan fingerprint density at radius 2 is 0.600 bits per heavy atom. The lowest BCUT2D eigenvalue weighted by atomic mass is 10.0. The highest BCUT2D eigenvalue weighted by Crippen LogP contribution is 2.17. The van der Waals surface area contributed by atoms with Gasteiger partial charge in [0.2, 0.25) is 5.91 Å². The summed E-state index contributed by atoms with van der Waals surface area (Å²) in [6, 6.07) is -0.637. The maximum atomic E-state index is 12.5. The van der Waals surface area contributed by atoms with Crippen molar-refractivity contribution in [1.82, 2.24) is 5.32 Å². The molecule has 0 heterocycles. The summed E-state index contributed by atoms with van der Waals surface area (Å²) in [6.45, 7) is 4.32. The maximum Gasteiger partial charge on any atom is 0.220 e. The molecule has 0 spiro atoms. The molecule has 3 N–H and O–H groups in total. The van der Waals surface area contributed by atoms with Crippen LogP contribution in [0.1, 0.15) is 328 Å². The summed E-state index contributed by atoms with van der Waals surface area (Å²) in [6.07, 6.45) is 77.7. The number of hydrogen-bond donors (Lipinski definition) is 3. The molecule has 0 rings (SSSR count). The summed E-state index contributed by atoms with van der Waals surface area (Å²) in [5.74, 6) is -0.0691. The van der Waals surface area contributed by atoms with Gasteiger partial charge in [0.15, 0.2) is 0 Å². The summed E-state index contributed by atoms with van der Waals surface area (Å²) >= 11 is 0. The molecule has 0 bridgehead atoms. The normalized spacial score (nSPS) is 13.0. The van der Waals surface area contributed by atoms with Gasteiger partial charge in [0.25, 0.3) is 0 Å². The Morgan fingerprint density at radius 3 is 0.892 bits per heavy atom. The van der Waals surface area contributed by atoms with E-state index < -0.39 is 12.1 Å². The van der Waals surface area contributed by atoms with E-state index in [1.54, 1.807) is 6.08 Å². The smallest absolute Gasteiger partial charge is 0.220 e. The third-order valence-corrected chi connectivity index (χ3v) is 13.8. The first-order valence-corrected chi connectivity index (χ1v) is 29.7. The van der Waals surface area contributed by atoms with E-state index in [0.717, 1.165) is 32.1 Å². The Kier molecular flexibility index (Phi) is 55.7. The number of aliphatic hydroxyl groups is 2. The van der Waals surface area contributed by atoms with Crippen LogP contribution in [0.5, 0.6) is 0 Å². The van der Waals surface area contributed by atoms with Crippen molar-refractivity contribution in [3.05, 3.63) is 36.5 Å². The van der Waals surface area contributed by atoms with Crippen molar-refractivity contribution in [1.29, 1.82) is 0 Å². The third kappa shape index (κ3) is 53.4. The van der Waals surface area contributed by atoms with E-state index in [-0.39, 0.29) is 12.5 Å². The largest absolute Gasteiger partial charge is 0.394 e. The molecule has 0 fully saturated rings. The average Bonchev–Trinajstić information content (AvgIpc) is 3.31. The first kappa shape index (κ1) is 63.6. The van der Waals surface area contributed by atoms with Crippen LogP contribution in [-0.2, 0) is 4.79 Å². The minimum Gasteiger partial charge on any atom is -0.394 e. The maximum absolute atomic E-state index is 12.5.